The van der Waals surface area contributed by atoms with Crippen LogP contribution in [0.25, 0.3) is 11.3 Å². The summed E-state index contributed by atoms with van der Waals surface area (Å²) in [7, 11) is 0. The molecule has 0 aliphatic rings. The first-order valence-corrected chi connectivity index (χ1v) is 5.30. The van der Waals surface area contributed by atoms with Crippen molar-refractivity contribution < 1.29 is 0 Å². The van der Waals surface area contributed by atoms with E-state index in [1.807, 2.05) is 19.1 Å². The van der Waals surface area contributed by atoms with Crippen molar-refractivity contribution in [2.24, 2.45) is 0 Å². The van der Waals surface area contributed by atoms with Gasteiger partial charge in [-0.3, -0.25) is 9.78 Å². The summed E-state index contributed by atoms with van der Waals surface area (Å²) in [6.07, 6.45) is 6.67. The smallest absolute Gasteiger partial charge is 0.269 e. The molecule has 1 N–H and O–H groups in total. The second-order valence-electron chi connectivity index (χ2n) is 3.55. The number of H-pyrrole nitrogens is 1. The van der Waals surface area contributed by atoms with Crippen LogP contribution in [0, 0.1) is 0 Å². The topological polar surface area (TPSA) is 58.6 Å². The van der Waals surface area contributed by atoms with E-state index in [9.17, 15) is 4.79 Å². The summed E-state index contributed by atoms with van der Waals surface area (Å²) in [4.78, 5) is 22.5. The largest absolute Gasteiger partial charge is 0.325 e. The van der Waals surface area contributed by atoms with Gasteiger partial charge in [-0.2, -0.15) is 0 Å². The van der Waals surface area contributed by atoms with E-state index in [1.165, 1.54) is 0 Å². The summed E-state index contributed by atoms with van der Waals surface area (Å²) < 4.78 is 0. The van der Waals surface area contributed by atoms with E-state index in [2.05, 4.69) is 15.0 Å². The predicted octanol–water partition coefficient (Wildman–Crippen LogP) is 1.78. The van der Waals surface area contributed by atoms with Gasteiger partial charge in [-0.15, -0.1) is 0 Å². The van der Waals surface area contributed by atoms with Crippen LogP contribution in [0.2, 0.25) is 0 Å². The molecule has 2 rings (SSSR count). The zero-order valence-corrected chi connectivity index (χ0v) is 9.10. The minimum atomic E-state index is -0.0975. The molecular formula is C12H13N3O. The van der Waals surface area contributed by atoms with Gasteiger partial charge in [0.1, 0.15) is 5.69 Å². The van der Waals surface area contributed by atoms with E-state index in [-0.39, 0.29) is 5.56 Å². The second-order valence-corrected chi connectivity index (χ2v) is 3.55. The van der Waals surface area contributed by atoms with Crippen molar-refractivity contribution >= 4 is 0 Å². The lowest BCUT2D eigenvalue weighted by Gasteiger charge is -2.02. The Kier molecular flexibility index (Phi) is 3.10. The molecule has 2 aromatic heterocycles. The quantitative estimate of drug-likeness (QED) is 0.849. The maximum atomic E-state index is 11.5. The van der Waals surface area contributed by atoms with Crippen LogP contribution in [0.4, 0.5) is 0 Å². The van der Waals surface area contributed by atoms with Crippen LogP contribution in [-0.4, -0.2) is 15.0 Å². The molecule has 0 aliphatic heterocycles. The molecule has 0 aliphatic carbocycles. The fraction of sp³-hybridized carbons (Fsp3) is 0.250. The third kappa shape index (κ3) is 2.16. The van der Waals surface area contributed by atoms with Crippen LogP contribution < -0.4 is 5.56 Å². The summed E-state index contributed by atoms with van der Waals surface area (Å²) >= 11 is 0. The lowest BCUT2D eigenvalue weighted by atomic mass is 10.2. The van der Waals surface area contributed by atoms with Crippen molar-refractivity contribution in [2.75, 3.05) is 0 Å². The van der Waals surface area contributed by atoms with Gasteiger partial charge in [0, 0.05) is 24.2 Å². The normalized spacial score (nSPS) is 10.3. The molecule has 16 heavy (non-hydrogen) atoms. The van der Waals surface area contributed by atoms with Crippen molar-refractivity contribution in [1.29, 1.82) is 0 Å². The highest BCUT2D eigenvalue weighted by Crippen LogP contribution is 2.13. The average Bonchev–Trinajstić information content (AvgIpc) is 2.33. The third-order valence-corrected chi connectivity index (χ3v) is 2.32. The number of aromatic nitrogens is 3. The van der Waals surface area contributed by atoms with Crippen LogP contribution in [0.1, 0.15) is 19.0 Å². The molecule has 0 saturated carbocycles. The lowest BCUT2D eigenvalue weighted by Crippen LogP contribution is -2.14. The fourth-order valence-electron chi connectivity index (χ4n) is 1.52. The summed E-state index contributed by atoms with van der Waals surface area (Å²) in [5.41, 5.74) is 2.24. The van der Waals surface area contributed by atoms with Gasteiger partial charge >= 0.3 is 0 Å². The first kappa shape index (κ1) is 10.5. The van der Waals surface area contributed by atoms with Gasteiger partial charge in [-0.25, -0.2) is 4.98 Å². The minimum absolute atomic E-state index is 0.0975. The Morgan fingerprint density at radius 3 is 2.75 bits per heavy atom. The zero-order chi connectivity index (χ0) is 11.4. The Labute approximate surface area is 93.4 Å². The van der Waals surface area contributed by atoms with Crippen LogP contribution in [0.5, 0.6) is 0 Å². The summed E-state index contributed by atoms with van der Waals surface area (Å²) in [6.45, 7) is 2.03. The van der Waals surface area contributed by atoms with Gasteiger partial charge in [-0.05, 0) is 18.6 Å². The fourth-order valence-corrected chi connectivity index (χ4v) is 1.52. The van der Waals surface area contributed by atoms with E-state index < -0.39 is 0 Å². The molecule has 2 aromatic rings. The maximum Gasteiger partial charge on any atom is 0.269 e. The SMILES string of the molecule is CCCc1nc(-c2ccncc2)c[nH]c1=O. The Morgan fingerprint density at radius 1 is 1.31 bits per heavy atom. The molecule has 0 atom stereocenters. The molecule has 82 valence electrons. The summed E-state index contributed by atoms with van der Waals surface area (Å²) in [5, 5.41) is 0. The monoisotopic (exact) mass is 215 g/mol. The molecule has 4 nitrogen and oxygen atoms in total. The average molecular weight is 215 g/mol. The Bertz CT molecular complexity index is 519. The molecule has 2 heterocycles. The second kappa shape index (κ2) is 4.70. The van der Waals surface area contributed by atoms with Crippen molar-refractivity contribution in [2.45, 2.75) is 19.8 Å². The van der Waals surface area contributed by atoms with E-state index in [0.29, 0.717) is 12.1 Å². The number of rotatable bonds is 3. The van der Waals surface area contributed by atoms with Crippen molar-refractivity contribution in [1.82, 2.24) is 15.0 Å². The first-order chi connectivity index (χ1) is 7.81. The minimum Gasteiger partial charge on any atom is -0.325 e. The van der Waals surface area contributed by atoms with Crippen LogP contribution in [-0.2, 0) is 6.42 Å². The van der Waals surface area contributed by atoms with Crippen LogP contribution >= 0.6 is 0 Å². The van der Waals surface area contributed by atoms with Gasteiger partial charge in [0.05, 0.1) is 5.69 Å². The van der Waals surface area contributed by atoms with Gasteiger partial charge in [0.15, 0.2) is 0 Å². The highest BCUT2D eigenvalue weighted by atomic mass is 16.1. The standard InChI is InChI=1S/C12H13N3O/c1-2-3-10-12(16)14-8-11(15-10)9-4-6-13-7-5-9/h4-8H,2-3H2,1H3,(H,14,16). The van der Waals surface area contributed by atoms with Gasteiger partial charge < -0.3 is 4.98 Å². The van der Waals surface area contributed by atoms with Gasteiger partial charge in [0.2, 0.25) is 0 Å². The first-order valence-electron chi connectivity index (χ1n) is 5.30. The van der Waals surface area contributed by atoms with Crippen molar-refractivity contribution in [3.05, 3.63) is 46.8 Å². The Morgan fingerprint density at radius 2 is 2.06 bits per heavy atom. The van der Waals surface area contributed by atoms with E-state index in [0.717, 1.165) is 17.7 Å². The molecule has 0 fully saturated rings. The van der Waals surface area contributed by atoms with Gasteiger partial charge in [0.25, 0.3) is 5.56 Å². The summed E-state index contributed by atoms with van der Waals surface area (Å²) in [5.74, 6) is 0. The zero-order valence-electron chi connectivity index (χ0n) is 9.10. The molecule has 0 bridgehead atoms. The summed E-state index contributed by atoms with van der Waals surface area (Å²) in [6, 6.07) is 3.74. The molecule has 0 radical (unpaired) electrons. The van der Waals surface area contributed by atoms with E-state index in [1.54, 1.807) is 18.6 Å². The third-order valence-electron chi connectivity index (χ3n) is 2.32. The molecule has 0 spiro atoms. The van der Waals surface area contributed by atoms with Crippen LogP contribution in [0.3, 0.4) is 0 Å². The number of hydrogen-bond acceptors (Lipinski definition) is 3. The lowest BCUT2D eigenvalue weighted by molar-refractivity contribution is 0.856. The number of nitrogens with zero attached hydrogens (tertiary/aromatic N) is 2. The van der Waals surface area contributed by atoms with E-state index in [4.69, 9.17) is 0 Å². The number of hydrogen-bond donors (Lipinski definition) is 1. The highest BCUT2D eigenvalue weighted by Gasteiger charge is 2.04. The number of pyridine rings is 1. The van der Waals surface area contributed by atoms with Gasteiger partial charge in [-0.1, -0.05) is 13.3 Å². The predicted molar refractivity (Wildman–Crippen MR) is 62.1 cm³/mol. The Hall–Kier alpha value is -1.97. The maximum absolute atomic E-state index is 11.5. The highest BCUT2D eigenvalue weighted by molar-refractivity contribution is 5.56. The number of aromatic amines is 1. The molecule has 0 aromatic carbocycles. The van der Waals surface area contributed by atoms with E-state index >= 15 is 0 Å². The molecule has 0 saturated heterocycles. The molecular weight excluding hydrogens is 202 g/mol. The van der Waals surface area contributed by atoms with Crippen molar-refractivity contribution in [3.8, 4) is 11.3 Å². The number of nitrogens with one attached hydrogen (secondary N) is 1. The number of aryl methyl sites for hydroxylation is 1. The molecule has 0 amide bonds. The molecule has 4 heteroatoms. The Balaban J connectivity index is 2.44. The van der Waals surface area contributed by atoms with Crippen molar-refractivity contribution in [3.63, 3.8) is 0 Å². The molecule has 0 unspecified atom stereocenters. The van der Waals surface area contributed by atoms with Crippen LogP contribution in [0.15, 0.2) is 35.5 Å².